The Hall–Kier alpha value is -1.72. The summed E-state index contributed by atoms with van der Waals surface area (Å²) in [5, 5.41) is 4.29. The zero-order valence-corrected chi connectivity index (χ0v) is 12.0. The van der Waals surface area contributed by atoms with Crippen LogP contribution in [0.25, 0.3) is 10.9 Å². The number of hydrogen-bond acceptors (Lipinski definition) is 4. The summed E-state index contributed by atoms with van der Waals surface area (Å²) in [5.41, 5.74) is 7.56. The van der Waals surface area contributed by atoms with Crippen LogP contribution in [0.1, 0.15) is 5.56 Å². The van der Waals surface area contributed by atoms with Crippen LogP contribution in [-0.2, 0) is 0 Å². The fourth-order valence-electron chi connectivity index (χ4n) is 1.88. The average Bonchev–Trinajstić information content (AvgIpc) is 2.37. The molecule has 0 aliphatic heterocycles. The predicted molar refractivity (Wildman–Crippen MR) is 84.7 cm³/mol. The van der Waals surface area contributed by atoms with E-state index in [1.165, 1.54) is 0 Å². The van der Waals surface area contributed by atoms with Gasteiger partial charge in [-0.3, -0.25) is 0 Å². The average molecular weight is 274 g/mol. The molecule has 1 aromatic carbocycles. The Labute approximate surface area is 118 Å². The zero-order chi connectivity index (χ0) is 13.8. The molecule has 0 amide bonds. The molecule has 0 aliphatic rings. The molecule has 0 unspecified atom stereocenters. The van der Waals surface area contributed by atoms with Gasteiger partial charge in [-0.15, -0.1) is 0 Å². The van der Waals surface area contributed by atoms with Gasteiger partial charge in [0.05, 0.1) is 5.52 Å². The first-order chi connectivity index (χ1) is 9.08. The van der Waals surface area contributed by atoms with Gasteiger partial charge in [0.1, 0.15) is 10.8 Å². The normalized spacial score (nSPS) is 10.9. The number of para-hydroxylation sites is 1. The molecule has 5 heteroatoms. The zero-order valence-electron chi connectivity index (χ0n) is 11.2. The Kier molecular flexibility index (Phi) is 4.29. The van der Waals surface area contributed by atoms with E-state index < -0.39 is 0 Å². The highest BCUT2D eigenvalue weighted by Gasteiger charge is 2.07. The second-order valence-corrected chi connectivity index (χ2v) is 5.11. The van der Waals surface area contributed by atoms with Gasteiger partial charge >= 0.3 is 0 Å². The van der Waals surface area contributed by atoms with E-state index in [9.17, 15) is 0 Å². The monoisotopic (exact) mass is 274 g/mol. The van der Waals surface area contributed by atoms with Crippen LogP contribution < -0.4 is 11.1 Å². The van der Waals surface area contributed by atoms with Crippen molar-refractivity contribution in [3.63, 3.8) is 0 Å². The maximum atomic E-state index is 5.79. The molecule has 0 atom stereocenters. The predicted octanol–water partition coefficient (Wildman–Crippen LogP) is 1.84. The summed E-state index contributed by atoms with van der Waals surface area (Å²) >= 11 is 5.12. The fraction of sp³-hybridized carbons (Fsp3) is 0.286. The van der Waals surface area contributed by atoms with Crippen LogP contribution in [0.2, 0.25) is 0 Å². The number of anilines is 1. The van der Waals surface area contributed by atoms with Gasteiger partial charge in [0, 0.05) is 24.0 Å². The lowest BCUT2D eigenvalue weighted by atomic mass is 10.1. The maximum absolute atomic E-state index is 5.79. The van der Waals surface area contributed by atoms with E-state index in [0.29, 0.717) is 4.99 Å². The van der Waals surface area contributed by atoms with Crippen molar-refractivity contribution in [1.82, 2.24) is 9.88 Å². The van der Waals surface area contributed by atoms with Crippen molar-refractivity contribution in [3.8, 4) is 0 Å². The van der Waals surface area contributed by atoms with Crippen molar-refractivity contribution in [2.45, 2.75) is 0 Å². The second kappa shape index (κ2) is 5.95. The molecule has 0 aliphatic carbocycles. The third-order valence-electron chi connectivity index (χ3n) is 2.85. The highest BCUT2D eigenvalue weighted by Crippen LogP contribution is 2.20. The third-order valence-corrected chi connectivity index (χ3v) is 3.07. The quantitative estimate of drug-likeness (QED) is 0.815. The number of pyridine rings is 1. The van der Waals surface area contributed by atoms with Crippen LogP contribution in [0.3, 0.4) is 0 Å². The minimum Gasteiger partial charge on any atom is -0.389 e. The minimum atomic E-state index is 0.397. The molecule has 3 N–H and O–H groups in total. The molecule has 0 bridgehead atoms. The van der Waals surface area contributed by atoms with Gasteiger partial charge in [0.2, 0.25) is 0 Å². The highest BCUT2D eigenvalue weighted by atomic mass is 32.1. The number of nitrogens with two attached hydrogens (primary N) is 1. The van der Waals surface area contributed by atoms with E-state index in [2.05, 4.69) is 15.2 Å². The Morgan fingerprint density at radius 3 is 2.79 bits per heavy atom. The lowest BCUT2D eigenvalue weighted by Crippen LogP contribution is -2.21. The largest absolute Gasteiger partial charge is 0.389 e. The number of likely N-dealkylation sites (N-methyl/N-ethyl adjacent to an activating group) is 1. The van der Waals surface area contributed by atoms with Crippen molar-refractivity contribution in [2.24, 2.45) is 5.73 Å². The van der Waals surface area contributed by atoms with Gasteiger partial charge < -0.3 is 16.0 Å². The minimum absolute atomic E-state index is 0.397. The number of benzene rings is 1. The lowest BCUT2D eigenvalue weighted by molar-refractivity contribution is 0.425. The first kappa shape index (κ1) is 13.7. The molecule has 0 radical (unpaired) electrons. The van der Waals surface area contributed by atoms with E-state index in [1.807, 2.05) is 44.4 Å². The first-order valence-corrected chi connectivity index (χ1v) is 6.57. The molecule has 2 aromatic rings. The van der Waals surface area contributed by atoms with Crippen molar-refractivity contribution >= 4 is 33.9 Å². The summed E-state index contributed by atoms with van der Waals surface area (Å²) in [6, 6.07) is 9.79. The molecule has 0 spiro atoms. The molecule has 0 saturated carbocycles. The van der Waals surface area contributed by atoms with E-state index in [-0.39, 0.29) is 0 Å². The van der Waals surface area contributed by atoms with Crippen LogP contribution >= 0.6 is 12.2 Å². The van der Waals surface area contributed by atoms with Gasteiger partial charge in [-0.2, -0.15) is 0 Å². The number of aromatic nitrogens is 1. The highest BCUT2D eigenvalue weighted by molar-refractivity contribution is 7.80. The van der Waals surface area contributed by atoms with E-state index in [1.54, 1.807) is 0 Å². The van der Waals surface area contributed by atoms with Gasteiger partial charge in [-0.25, -0.2) is 4.98 Å². The molecular formula is C14H18N4S. The Morgan fingerprint density at radius 2 is 2.11 bits per heavy atom. The molecule has 0 fully saturated rings. The molecule has 19 heavy (non-hydrogen) atoms. The topological polar surface area (TPSA) is 54.2 Å². The molecule has 100 valence electrons. The smallest absolute Gasteiger partial charge is 0.127 e. The SMILES string of the molecule is CN(C)CCNc1cc(C(N)=S)c2ccccc2n1. The molecule has 1 aromatic heterocycles. The van der Waals surface area contributed by atoms with Crippen LogP contribution in [0.15, 0.2) is 30.3 Å². The van der Waals surface area contributed by atoms with Gasteiger partial charge in [0.15, 0.2) is 0 Å². The number of nitrogens with one attached hydrogen (secondary N) is 1. The standard InChI is InChI=1S/C14H18N4S/c1-18(2)8-7-16-13-9-11(14(15)19)10-5-3-4-6-12(10)17-13/h3-6,9H,7-8H2,1-2H3,(H2,15,19)(H,16,17). The maximum Gasteiger partial charge on any atom is 0.127 e. The van der Waals surface area contributed by atoms with Crippen molar-refractivity contribution in [1.29, 1.82) is 0 Å². The molecule has 4 nitrogen and oxygen atoms in total. The van der Waals surface area contributed by atoms with Gasteiger partial charge in [0.25, 0.3) is 0 Å². The van der Waals surface area contributed by atoms with Gasteiger partial charge in [-0.1, -0.05) is 30.4 Å². The van der Waals surface area contributed by atoms with Crippen LogP contribution in [-0.4, -0.2) is 42.1 Å². The Morgan fingerprint density at radius 1 is 1.37 bits per heavy atom. The summed E-state index contributed by atoms with van der Waals surface area (Å²) in [7, 11) is 4.08. The summed E-state index contributed by atoms with van der Waals surface area (Å²) in [6.07, 6.45) is 0. The molecule has 2 rings (SSSR count). The number of hydrogen-bond donors (Lipinski definition) is 2. The number of nitrogens with zero attached hydrogens (tertiary/aromatic N) is 2. The first-order valence-electron chi connectivity index (χ1n) is 6.16. The van der Waals surface area contributed by atoms with Crippen molar-refractivity contribution < 1.29 is 0 Å². The fourth-order valence-corrected chi connectivity index (χ4v) is 2.05. The number of rotatable bonds is 5. The number of thiocarbonyl (C=S) groups is 1. The van der Waals surface area contributed by atoms with Crippen molar-refractivity contribution in [2.75, 3.05) is 32.5 Å². The summed E-state index contributed by atoms with van der Waals surface area (Å²) in [5.74, 6) is 0.809. The molecule has 0 saturated heterocycles. The van der Waals surface area contributed by atoms with Gasteiger partial charge in [-0.05, 0) is 26.2 Å². The summed E-state index contributed by atoms with van der Waals surface area (Å²) < 4.78 is 0. The molecular weight excluding hydrogens is 256 g/mol. The number of fused-ring (bicyclic) bond motifs is 1. The third kappa shape index (κ3) is 3.39. The Balaban J connectivity index is 2.33. The van der Waals surface area contributed by atoms with E-state index >= 15 is 0 Å². The van der Waals surface area contributed by atoms with Crippen LogP contribution in [0, 0.1) is 0 Å². The summed E-state index contributed by atoms with van der Waals surface area (Å²) in [6.45, 7) is 1.77. The lowest BCUT2D eigenvalue weighted by Gasteiger charge is -2.13. The Bertz CT molecular complexity index is 595. The van der Waals surface area contributed by atoms with E-state index in [0.717, 1.165) is 35.4 Å². The van der Waals surface area contributed by atoms with Crippen LogP contribution in [0.4, 0.5) is 5.82 Å². The van der Waals surface area contributed by atoms with Crippen LogP contribution in [0.5, 0.6) is 0 Å². The summed E-state index contributed by atoms with van der Waals surface area (Å²) in [4.78, 5) is 7.08. The second-order valence-electron chi connectivity index (χ2n) is 4.67. The van der Waals surface area contributed by atoms with Crippen molar-refractivity contribution in [3.05, 3.63) is 35.9 Å². The van der Waals surface area contributed by atoms with E-state index in [4.69, 9.17) is 18.0 Å². The molecule has 1 heterocycles.